The van der Waals surface area contributed by atoms with E-state index in [9.17, 15) is 29.1 Å². The molecule has 0 unspecified atom stereocenters. The lowest BCUT2D eigenvalue weighted by atomic mass is 9.97. The lowest BCUT2D eigenvalue weighted by Crippen LogP contribution is -2.51. The van der Waals surface area contributed by atoms with Crippen molar-refractivity contribution >= 4 is 46.2 Å². The van der Waals surface area contributed by atoms with E-state index in [1.54, 1.807) is 36.4 Å². The highest BCUT2D eigenvalue weighted by Gasteiger charge is 2.31. The van der Waals surface area contributed by atoms with Crippen molar-refractivity contribution in [1.29, 1.82) is 0 Å². The molecule has 0 spiro atoms. The van der Waals surface area contributed by atoms with Gasteiger partial charge in [0.1, 0.15) is 25.3 Å². The summed E-state index contributed by atoms with van der Waals surface area (Å²) in [5.41, 5.74) is 2.09. The van der Waals surface area contributed by atoms with E-state index in [1.807, 2.05) is 78.9 Å². The van der Waals surface area contributed by atoms with Crippen molar-refractivity contribution in [3.63, 3.8) is 0 Å². The maximum absolute atomic E-state index is 13.8. The van der Waals surface area contributed by atoms with Crippen LogP contribution in [-0.2, 0) is 41.8 Å². The van der Waals surface area contributed by atoms with Crippen molar-refractivity contribution in [2.75, 3.05) is 25.1 Å². The number of nitrogens with one attached hydrogen (secondary N) is 3. The number of alkyl carbamates (subject to hydrolysis) is 1. The molecule has 0 saturated carbocycles. The van der Waals surface area contributed by atoms with Gasteiger partial charge in [-0.15, -0.1) is 0 Å². The number of anilines is 1. The third-order valence-electron chi connectivity index (χ3n) is 8.52. The Morgan fingerprint density at radius 2 is 1.52 bits per heavy atom. The van der Waals surface area contributed by atoms with Gasteiger partial charge in [-0.1, -0.05) is 103 Å². The summed E-state index contributed by atoms with van der Waals surface area (Å²) in [5.74, 6) is -3.33. The Kier molecular flexibility index (Phi) is 13.5. The highest BCUT2D eigenvalue weighted by Crippen LogP contribution is 2.20. The maximum atomic E-state index is 13.8. The molecule has 12 nitrogen and oxygen atoms in total. The molecule has 4 amide bonds. The summed E-state index contributed by atoms with van der Waals surface area (Å²) < 4.78 is 10.8. The van der Waals surface area contributed by atoms with Gasteiger partial charge >= 0.3 is 12.1 Å². The van der Waals surface area contributed by atoms with E-state index in [0.29, 0.717) is 5.69 Å². The third kappa shape index (κ3) is 11.0. The molecule has 0 bridgehead atoms. The number of carbonyl (C=O) groups is 5. The Bertz CT molecular complexity index is 1870. The number of allylic oxidation sites excluding steroid dienone is 1. The standard InChI is InChI=1S/C40H42N4O8/c45-22-21-44(25-28-11-3-1-4-12-28)36(46)24-32-17-9-10-18-34(43-40(50)52-26-29-13-5-2-6-14-29)39(49)51-27-35(42-37(32)47)38(48)41-33-20-19-30-15-7-8-16-31(30)23-33/h1-16,19-20,23,32,34-35,45H,17-18,21-22,24-27H2,(H,41,48)(H,42,47)(H,43,50)/t32-,34-,35+/m1/s1. The van der Waals surface area contributed by atoms with Crippen molar-refractivity contribution in [2.24, 2.45) is 5.92 Å². The van der Waals surface area contributed by atoms with Crippen LogP contribution < -0.4 is 16.0 Å². The first kappa shape index (κ1) is 37.3. The molecule has 0 fully saturated rings. The number of rotatable bonds is 11. The van der Waals surface area contributed by atoms with Gasteiger partial charge in [0.05, 0.1) is 12.5 Å². The SMILES string of the molecule is O=C(N[C@@H]1CC=CC[C@H](CC(=O)N(CCO)Cc2ccccc2)C(=O)N[C@H](C(=O)Nc2ccc3ccccc3c2)COC1=O)OCc1ccccc1. The van der Waals surface area contributed by atoms with Gasteiger partial charge in [0.2, 0.25) is 11.8 Å². The number of fused-ring (bicyclic) bond motifs is 1. The first-order chi connectivity index (χ1) is 25.3. The molecule has 0 aromatic heterocycles. The molecular formula is C40H42N4O8. The molecule has 52 heavy (non-hydrogen) atoms. The minimum absolute atomic E-state index is 0.000152. The number of hydrogen-bond acceptors (Lipinski definition) is 8. The first-order valence-corrected chi connectivity index (χ1v) is 17.1. The molecule has 3 atom stereocenters. The Hall–Kier alpha value is -6.01. The van der Waals surface area contributed by atoms with E-state index in [0.717, 1.165) is 21.9 Å². The van der Waals surface area contributed by atoms with Gasteiger partial charge < -0.3 is 35.4 Å². The minimum atomic E-state index is -1.34. The van der Waals surface area contributed by atoms with E-state index in [2.05, 4.69) is 16.0 Å². The van der Waals surface area contributed by atoms with Crippen LogP contribution in [0.1, 0.15) is 30.4 Å². The van der Waals surface area contributed by atoms with Crippen LogP contribution in [0.2, 0.25) is 0 Å². The van der Waals surface area contributed by atoms with Crippen molar-refractivity contribution in [2.45, 2.75) is 44.5 Å². The molecule has 4 N–H and O–H groups in total. The van der Waals surface area contributed by atoms with E-state index in [4.69, 9.17) is 9.47 Å². The second kappa shape index (κ2) is 18.8. The van der Waals surface area contributed by atoms with Crippen molar-refractivity contribution in [3.8, 4) is 0 Å². The minimum Gasteiger partial charge on any atom is -0.461 e. The fourth-order valence-corrected chi connectivity index (χ4v) is 5.69. The topological polar surface area (TPSA) is 163 Å². The van der Waals surface area contributed by atoms with Gasteiger partial charge in [-0.2, -0.15) is 0 Å². The highest BCUT2D eigenvalue weighted by atomic mass is 16.6. The number of aliphatic hydroxyl groups excluding tert-OH is 1. The summed E-state index contributed by atoms with van der Waals surface area (Å²) in [6.07, 6.45) is 2.31. The summed E-state index contributed by atoms with van der Waals surface area (Å²) in [5, 5.41) is 19.6. The van der Waals surface area contributed by atoms with Gasteiger partial charge in [0.25, 0.3) is 5.91 Å². The van der Waals surface area contributed by atoms with Crippen LogP contribution in [0.15, 0.2) is 115 Å². The lowest BCUT2D eigenvalue weighted by Gasteiger charge is -2.26. The predicted octanol–water partition coefficient (Wildman–Crippen LogP) is 4.48. The van der Waals surface area contributed by atoms with Crippen LogP contribution in [0.25, 0.3) is 10.8 Å². The molecule has 1 aliphatic heterocycles. The normalized spacial score (nSPS) is 17.8. The lowest BCUT2D eigenvalue weighted by molar-refractivity contribution is -0.148. The van der Waals surface area contributed by atoms with Gasteiger partial charge in [-0.05, 0) is 46.9 Å². The average Bonchev–Trinajstić information content (AvgIpc) is 3.16. The summed E-state index contributed by atoms with van der Waals surface area (Å²) in [6, 6.07) is 28.8. The quantitative estimate of drug-likeness (QED) is 0.131. The Balaban J connectivity index is 1.34. The Morgan fingerprint density at radius 1 is 0.846 bits per heavy atom. The summed E-state index contributed by atoms with van der Waals surface area (Å²) in [4.78, 5) is 68.4. The molecule has 0 aliphatic carbocycles. The number of cyclic esters (lactones) is 1. The smallest absolute Gasteiger partial charge is 0.408 e. The zero-order valence-electron chi connectivity index (χ0n) is 28.6. The van der Waals surface area contributed by atoms with Crippen LogP contribution in [-0.4, -0.2) is 71.6 Å². The second-order valence-corrected chi connectivity index (χ2v) is 12.4. The highest BCUT2D eigenvalue weighted by molar-refractivity contribution is 6.00. The molecule has 5 rings (SSSR count). The van der Waals surface area contributed by atoms with E-state index in [1.165, 1.54) is 4.90 Å². The summed E-state index contributed by atoms with van der Waals surface area (Å²) in [7, 11) is 0. The van der Waals surface area contributed by atoms with Crippen LogP contribution in [0.3, 0.4) is 0 Å². The van der Waals surface area contributed by atoms with Gasteiger partial charge in [0, 0.05) is 25.2 Å². The molecule has 0 saturated heterocycles. The van der Waals surface area contributed by atoms with Crippen LogP contribution >= 0.6 is 0 Å². The maximum Gasteiger partial charge on any atom is 0.408 e. The fourth-order valence-electron chi connectivity index (χ4n) is 5.69. The van der Waals surface area contributed by atoms with Crippen LogP contribution in [0.5, 0.6) is 0 Å². The molecule has 4 aromatic rings. The largest absolute Gasteiger partial charge is 0.461 e. The molecule has 4 aromatic carbocycles. The number of esters is 1. The van der Waals surface area contributed by atoms with Crippen molar-refractivity contribution in [1.82, 2.24) is 15.5 Å². The Morgan fingerprint density at radius 3 is 2.25 bits per heavy atom. The average molecular weight is 707 g/mol. The van der Waals surface area contributed by atoms with E-state index in [-0.39, 0.29) is 51.5 Å². The Labute approximate surface area is 301 Å². The second-order valence-electron chi connectivity index (χ2n) is 12.4. The first-order valence-electron chi connectivity index (χ1n) is 17.1. The van der Waals surface area contributed by atoms with Crippen LogP contribution in [0.4, 0.5) is 10.5 Å². The summed E-state index contributed by atoms with van der Waals surface area (Å²) >= 11 is 0. The van der Waals surface area contributed by atoms with Gasteiger partial charge in [0.15, 0.2) is 0 Å². The number of hydrogen-bond donors (Lipinski definition) is 4. The third-order valence-corrected chi connectivity index (χ3v) is 8.52. The molecular weight excluding hydrogens is 664 g/mol. The molecule has 270 valence electrons. The summed E-state index contributed by atoms with van der Waals surface area (Å²) in [6.45, 7) is -0.514. The van der Waals surface area contributed by atoms with E-state index < -0.39 is 48.5 Å². The zero-order chi connectivity index (χ0) is 36.7. The number of carbonyl (C=O) groups excluding carboxylic acids is 5. The van der Waals surface area contributed by atoms with Crippen molar-refractivity contribution < 1.29 is 38.6 Å². The molecule has 1 heterocycles. The molecule has 0 radical (unpaired) electrons. The number of aliphatic hydroxyl groups is 1. The van der Waals surface area contributed by atoms with Crippen LogP contribution in [0, 0.1) is 5.92 Å². The number of benzene rings is 4. The molecule has 12 heteroatoms. The van der Waals surface area contributed by atoms with Gasteiger partial charge in [-0.3, -0.25) is 14.4 Å². The number of nitrogens with zero attached hydrogens (tertiary/aromatic N) is 1. The number of ether oxygens (including phenoxy) is 2. The van der Waals surface area contributed by atoms with Gasteiger partial charge in [-0.25, -0.2) is 9.59 Å². The number of amides is 4. The fraction of sp³-hybridized carbons (Fsp3) is 0.275. The molecule has 1 aliphatic rings. The monoisotopic (exact) mass is 706 g/mol. The van der Waals surface area contributed by atoms with E-state index >= 15 is 0 Å². The predicted molar refractivity (Wildman–Crippen MR) is 194 cm³/mol. The zero-order valence-corrected chi connectivity index (χ0v) is 28.6. The van der Waals surface area contributed by atoms with Crippen molar-refractivity contribution in [3.05, 3.63) is 126 Å².